The molecule has 0 aromatic carbocycles. The summed E-state index contributed by atoms with van der Waals surface area (Å²) in [6, 6.07) is 0. The molecule has 3 nitrogen and oxygen atoms in total. The Morgan fingerprint density at radius 2 is 1.88 bits per heavy atom. The predicted octanol–water partition coefficient (Wildman–Crippen LogP) is 3.04. The van der Waals surface area contributed by atoms with Crippen LogP contribution in [-0.4, -0.2) is 18.9 Å². The molecule has 0 amide bonds. The highest BCUT2D eigenvalue weighted by molar-refractivity contribution is 6.09. The van der Waals surface area contributed by atoms with Gasteiger partial charge in [0.1, 0.15) is 5.92 Å². The number of ether oxygens (including phenoxy) is 1. The third-order valence-electron chi connectivity index (χ3n) is 3.26. The Kier molecular flexibility index (Phi) is 5.39. The van der Waals surface area contributed by atoms with Gasteiger partial charge in [-0.15, -0.1) is 0 Å². The monoisotopic (exact) mass is 238 g/mol. The number of ketones is 1. The van der Waals surface area contributed by atoms with Gasteiger partial charge in [0, 0.05) is 12.0 Å². The molecule has 0 aromatic rings. The standard InChI is InChI=1S/C14H22O3/c1-4-6-7-8-9-10-12(11(15)5-2)13(10)14(16)17-3/h13H,4-9H2,1-3H3. The van der Waals surface area contributed by atoms with Gasteiger partial charge < -0.3 is 4.74 Å². The van der Waals surface area contributed by atoms with E-state index in [0.717, 1.165) is 24.0 Å². The summed E-state index contributed by atoms with van der Waals surface area (Å²) in [6.45, 7) is 4.00. The van der Waals surface area contributed by atoms with Crippen molar-refractivity contribution >= 4 is 11.8 Å². The van der Waals surface area contributed by atoms with Crippen LogP contribution in [0.4, 0.5) is 0 Å². The molecule has 1 aliphatic carbocycles. The molecular weight excluding hydrogens is 216 g/mol. The van der Waals surface area contributed by atoms with Gasteiger partial charge in [0.15, 0.2) is 5.78 Å². The fraction of sp³-hybridized carbons (Fsp3) is 0.714. The third-order valence-corrected chi connectivity index (χ3v) is 3.26. The van der Waals surface area contributed by atoms with Gasteiger partial charge in [-0.3, -0.25) is 9.59 Å². The Balaban J connectivity index is 2.50. The number of carbonyl (C=O) groups is 2. The van der Waals surface area contributed by atoms with E-state index >= 15 is 0 Å². The van der Waals surface area contributed by atoms with Crippen molar-refractivity contribution in [3.63, 3.8) is 0 Å². The van der Waals surface area contributed by atoms with Crippen LogP contribution in [0.25, 0.3) is 0 Å². The lowest BCUT2D eigenvalue weighted by molar-refractivity contribution is -0.142. The van der Waals surface area contributed by atoms with Gasteiger partial charge in [-0.05, 0) is 18.4 Å². The van der Waals surface area contributed by atoms with Crippen molar-refractivity contribution in [1.29, 1.82) is 0 Å². The minimum absolute atomic E-state index is 0.103. The lowest BCUT2D eigenvalue weighted by Gasteiger charge is -1.99. The van der Waals surface area contributed by atoms with E-state index in [1.807, 2.05) is 6.92 Å². The van der Waals surface area contributed by atoms with Gasteiger partial charge in [0.2, 0.25) is 0 Å². The van der Waals surface area contributed by atoms with Crippen LogP contribution in [0.1, 0.15) is 52.4 Å². The maximum atomic E-state index is 11.6. The smallest absolute Gasteiger partial charge is 0.317 e. The molecule has 0 aliphatic heterocycles. The van der Waals surface area contributed by atoms with E-state index in [-0.39, 0.29) is 17.7 Å². The van der Waals surface area contributed by atoms with E-state index in [2.05, 4.69) is 6.92 Å². The highest BCUT2D eigenvalue weighted by Crippen LogP contribution is 2.44. The van der Waals surface area contributed by atoms with Crippen molar-refractivity contribution in [2.45, 2.75) is 52.4 Å². The second-order valence-corrected chi connectivity index (χ2v) is 4.48. The second kappa shape index (κ2) is 6.58. The number of esters is 1. The average Bonchev–Trinajstić information content (AvgIpc) is 3.07. The molecule has 0 heterocycles. The normalized spacial score (nSPS) is 18.2. The van der Waals surface area contributed by atoms with Gasteiger partial charge in [-0.25, -0.2) is 0 Å². The second-order valence-electron chi connectivity index (χ2n) is 4.48. The summed E-state index contributed by atoms with van der Waals surface area (Å²) in [7, 11) is 1.38. The van der Waals surface area contributed by atoms with Crippen LogP contribution in [-0.2, 0) is 14.3 Å². The number of methoxy groups -OCH3 is 1. The number of Topliss-reactive ketones (excluding diaryl/α,β-unsaturated/α-hetero) is 1. The van der Waals surface area contributed by atoms with Crippen molar-refractivity contribution in [3.8, 4) is 0 Å². The number of hydrogen-bond donors (Lipinski definition) is 0. The highest BCUT2D eigenvalue weighted by atomic mass is 16.5. The Labute approximate surface area is 103 Å². The number of hydrogen-bond acceptors (Lipinski definition) is 3. The van der Waals surface area contributed by atoms with Crippen LogP contribution < -0.4 is 0 Å². The summed E-state index contributed by atoms with van der Waals surface area (Å²) in [4.78, 5) is 23.1. The van der Waals surface area contributed by atoms with Crippen molar-refractivity contribution in [3.05, 3.63) is 11.1 Å². The molecule has 0 radical (unpaired) electrons. The molecule has 1 aliphatic rings. The molecule has 17 heavy (non-hydrogen) atoms. The first-order valence-electron chi connectivity index (χ1n) is 6.51. The van der Waals surface area contributed by atoms with Crippen molar-refractivity contribution in [2.75, 3.05) is 7.11 Å². The number of carbonyl (C=O) groups excluding carboxylic acids is 2. The Hall–Kier alpha value is -1.12. The summed E-state index contributed by atoms with van der Waals surface area (Å²) in [5, 5.41) is 0. The van der Waals surface area contributed by atoms with E-state index in [4.69, 9.17) is 4.74 Å². The zero-order chi connectivity index (χ0) is 12.8. The van der Waals surface area contributed by atoms with E-state index in [9.17, 15) is 9.59 Å². The Bertz CT molecular complexity index is 328. The summed E-state index contributed by atoms with van der Waals surface area (Å²) < 4.78 is 4.72. The molecule has 0 aromatic heterocycles. The fourth-order valence-corrected chi connectivity index (χ4v) is 2.20. The largest absolute Gasteiger partial charge is 0.468 e. The van der Waals surface area contributed by atoms with Crippen LogP contribution in [0.3, 0.4) is 0 Å². The third kappa shape index (κ3) is 3.42. The lowest BCUT2D eigenvalue weighted by atomic mass is 10.1. The predicted molar refractivity (Wildman–Crippen MR) is 66.6 cm³/mol. The Morgan fingerprint density at radius 1 is 1.18 bits per heavy atom. The SMILES string of the molecule is CCCCCCC1=C(C(=O)CC)C1C(=O)OC. The molecular formula is C14H22O3. The first kappa shape index (κ1) is 13.9. The molecule has 1 unspecified atom stereocenters. The highest BCUT2D eigenvalue weighted by Gasteiger charge is 2.45. The minimum Gasteiger partial charge on any atom is -0.468 e. The molecule has 0 N–H and O–H groups in total. The summed E-state index contributed by atoms with van der Waals surface area (Å²) in [5.74, 6) is -0.479. The maximum absolute atomic E-state index is 11.6. The first-order chi connectivity index (χ1) is 8.17. The molecule has 1 atom stereocenters. The van der Waals surface area contributed by atoms with E-state index in [1.165, 1.54) is 26.4 Å². The molecule has 0 fully saturated rings. The molecule has 96 valence electrons. The average molecular weight is 238 g/mol. The fourth-order valence-electron chi connectivity index (χ4n) is 2.20. The van der Waals surface area contributed by atoms with Crippen LogP contribution in [0, 0.1) is 5.92 Å². The first-order valence-corrected chi connectivity index (χ1v) is 6.51. The van der Waals surface area contributed by atoms with Crippen molar-refractivity contribution < 1.29 is 14.3 Å². The van der Waals surface area contributed by atoms with Crippen LogP contribution in [0.5, 0.6) is 0 Å². The van der Waals surface area contributed by atoms with Gasteiger partial charge in [0.25, 0.3) is 0 Å². The van der Waals surface area contributed by atoms with E-state index < -0.39 is 0 Å². The molecule has 3 heteroatoms. The Morgan fingerprint density at radius 3 is 2.41 bits per heavy atom. The van der Waals surface area contributed by atoms with Gasteiger partial charge in [0.05, 0.1) is 7.11 Å². The molecule has 0 saturated carbocycles. The number of rotatable bonds is 8. The topological polar surface area (TPSA) is 43.4 Å². The van der Waals surface area contributed by atoms with Crippen LogP contribution in [0.2, 0.25) is 0 Å². The maximum Gasteiger partial charge on any atom is 0.317 e. The van der Waals surface area contributed by atoms with Gasteiger partial charge in [-0.1, -0.05) is 33.1 Å². The van der Waals surface area contributed by atoms with Crippen molar-refractivity contribution in [1.82, 2.24) is 0 Å². The summed E-state index contributed by atoms with van der Waals surface area (Å²) >= 11 is 0. The van der Waals surface area contributed by atoms with E-state index in [1.54, 1.807) is 0 Å². The minimum atomic E-state index is -0.311. The van der Waals surface area contributed by atoms with Gasteiger partial charge >= 0.3 is 5.97 Å². The summed E-state index contributed by atoms with van der Waals surface area (Å²) in [6.07, 6.45) is 5.99. The molecule has 0 saturated heterocycles. The zero-order valence-corrected chi connectivity index (χ0v) is 11.0. The van der Waals surface area contributed by atoms with Crippen LogP contribution >= 0.6 is 0 Å². The van der Waals surface area contributed by atoms with Crippen molar-refractivity contribution in [2.24, 2.45) is 5.92 Å². The molecule has 1 rings (SSSR count). The molecule has 0 bridgehead atoms. The number of unbranched alkanes of at least 4 members (excludes halogenated alkanes) is 3. The van der Waals surface area contributed by atoms with Crippen LogP contribution in [0.15, 0.2) is 11.1 Å². The lowest BCUT2D eigenvalue weighted by Crippen LogP contribution is -2.09. The van der Waals surface area contributed by atoms with Gasteiger partial charge in [-0.2, -0.15) is 0 Å². The molecule has 0 spiro atoms. The quantitative estimate of drug-likeness (QED) is 0.482. The van der Waals surface area contributed by atoms with E-state index in [0.29, 0.717) is 6.42 Å². The zero-order valence-electron chi connectivity index (χ0n) is 11.0. The summed E-state index contributed by atoms with van der Waals surface area (Å²) in [5.41, 5.74) is 1.76.